The Morgan fingerprint density at radius 3 is 2.70 bits per heavy atom. The monoisotopic (exact) mass is 141 g/mol. The highest BCUT2D eigenvalue weighted by Crippen LogP contribution is 2.02. The van der Waals surface area contributed by atoms with Gasteiger partial charge in [-0.3, -0.25) is 16.3 Å². The third-order valence-electron chi connectivity index (χ3n) is 2.01. The molecule has 2 rings (SSSR count). The molecule has 57 valence electrons. The lowest BCUT2D eigenvalue weighted by Crippen LogP contribution is -2.43. The van der Waals surface area contributed by atoms with Crippen LogP contribution in [0.1, 0.15) is 0 Å². The molecule has 0 atom stereocenters. The second-order valence-electron chi connectivity index (χ2n) is 2.72. The summed E-state index contributed by atoms with van der Waals surface area (Å²) in [6, 6.07) is 0.624. The molecular formula is C6H13N4. The molecule has 2 heterocycles. The molecule has 0 amide bonds. The topological polar surface area (TPSA) is 39.3 Å². The van der Waals surface area contributed by atoms with Gasteiger partial charge in [0, 0.05) is 26.2 Å². The molecule has 0 unspecified atom stereocenters. The summed E-state index contributed by atoms with van der Waals surface area (Å²) in [4.78, 5) is 0. The van der Waals surface area contributed by atoms with Gasteiger partial charge in [-0.05, 0) is 6.42 Å². The van der Waals surface area contributed by atoms with Crippen molar-refractivity contribution in [2.45, 2.75) is 6.04 Å². The van der Waals surface area contributed by atoms with Crippen molar-refractivity contribution in [3.8, 4) is 0 Å². The zero-order valence-electron chi connectivity index (χ0n) is 5.93. The minimum Gasteiger partial charge on any atom is -0.256 e. The van der Waals surface area contributed by atoms with Crippen LogP contribution in [0, 0.1) is 6.42 Å². The third kappa shape index (κ3) is 1.15. The van der Waals surface area contributed by atoms with Crippen LogP contribution in [0.2, 0.25) is 0 Å². The Balaban J connectivity index is 1.85. The molecule has 2 aliphatic rings. The summed E-state index contributed by atoms with van der Waals surface area (Å²) in [5.41, 5.74) is 9.50. The van der Waals surface area contributed by atoms with Crippen LogP contribution < -0.4 is 16.3 Å². The van der Waals surface area contributed by atoms with Gasteiger partial charge in [0.25, 0.3) is 0 Å². The highest BCUT2D eigenvalue weighted by Gasteiger charge is 2.23. The number of hydrazine groups is 2. The van der Waals surface area contributed by atoms with Gasteiger partial charge >= 0.3 is 0 Å². The first-order chi connectivity index (χ1) is 4.97. The SMILES string of the molecule is [CH]1CNN(C2CNNC2)C1. The van der Waals surface area contributed by atoms with Gasteiger partial charge in [0.15, 0.2) is 0 Å². The number of nitrogens with one attached hydrogen (secondary N) is 3. The van der Waals surface area contributed by atoms with Crippen LogP contribution in [0.15, 0.2) is 0 Å². The smallest absolute Gasteiger partial charge is 0.0520 e. The lowest BCUT2D eigenvalue weighted by atomic mass is 10.3. The number of rotatable bonds is 1. The molecule has 0 saturated carbocycles. The molecule has 2 fully saturated rings. The Morgan fingerprint density at radius 1 is 1.30 bits per heavy atom. The lowest BCUT2D eigenvalue weighted by Gasteiger charge is -2.20. The second-order valence-corrected chi connectivity index (χ2v) is 2.72. The fraction of sp³-hybridized carbons (Fsp3) is 0.833. The average molecular weight is 141 g/mol. The molecular weight excluding hydrogens is 128 g/mol. The molecule has 0 aromatic rings. The zero-order chi connectivity index (χ0) is 6.81. The Bertz CT molecular complexity index is 90.3. The van der Waals surface area contributed by atoms with Crippen LogP contribution in [0.4, 0.5) is 0 Å². The summed E-state index contributed by atoms with van der Waals surface area (Å²) in [5.74, 6) is 0. The molecule has 3 N–H and O–H groups in total. The van der Waals surface area contributed by atoms with Gasteiger partial charge in [0.05, 0.1) is 6.04 Å². The summed E-state index contributed by atoms with van der Waals surface area (Å²) in [6.07, 6.45) is 2.25. The van der Waals surface area contributed by atoms with E-state index in [-0.39, 0.29) is 0 Å². The van der Waals surface area contributed by atoms with E-state index in [0.717, 1.165) is 26.2 Å². The van der Waals surface area contributed by atoms with Gasteiger partial charge < -0.3 is 0 Å². The van der Waals surface area contributed by atoms with Crippen molar-refractivity contribution in [2.24, 2.45) is 0 Å². The van der Waals surface area contributed by atoms with E-state index < -0.39 is 0 Å². The molecule has 0 spiro atoms. The second kappa shape index (κ2) is 2.84. The van der Waals surface area contributed by atoms with Gasteiger partial charge in [-0.15, -0.1) is 0 Å². The minimum absolute atomic E-state index is 0.624. The van der Waals surface area contributed by atoms with Crippen molar-refractivity contribution in [1.82, 2.24) is 21.3 Å². The van der Waals surface area contributed by atoms with E-state index in [1.807, 2.05) is 0 Å². The van der Waals surface area contributed by atoms with Crippen LogP contribution in [0.5, 0.6) is 0 Å². The number of nitrogens with zero attached hydrogens (tertiary/aromatic N) is 1. The van der Waals surface area contributed by atoms with Crippen molar-refractivity contribution in [3.05, 3.63) is 6.42 Å². The molecule has 0 aromatic heterocycles. The van der Waals surface area contributed by atoms with Gasteiger partial charge in [-0.25, -0.2) is 5.01 Å². The van der Waals surface area contributed by atoms with Crippen molar-refractivity contribution >= 4 is 0 Å². The van der Waals surface area contributed by atoms with Crippen molar-refractivity contribution in [2.75, 3.05) is 26.2 Å². The predicted molar refractivity (Wildman–Crippen MR) is 38.8 cm³/mol. The van der Waals surface area contributed by atoms with Crippen LogP contribution >= 0.6 is 0 Å². The number of hydrogen-bond acceptors (Lipinski definition) is 4. The van der Waals surface area contributed by atoms with E-state index in [0.29, 0.717) is 6.04 Å². The minimum atomic E-state index is 0.624. The summed E-state index contributed by atoms with van der Waals surface area (Å²) in [5, 5.41) is 2.27. The van der Waals surface area contributed by atoms with Gasteiger partial charge in [0.2, 0.25) is 0 Å². The average Bonchev–Trinajstić information content (AvgIpc) is 2.59. The molecule has 0 aromatic carbocycles. The highest BCUT2D eigenvalue weighted by atomic mass is 15.6. The number of hydrogen-bond donors (Lipinski definition) is 3. The maximum atomic E-state index is 3.30. The molecule has 2 saturated heterocycles. The molecule has 1 radical (unpaired) electrons. The first kappa shape index (κ1) is 6.54. The maximum Gasteiger partial charge on any atom is 0.0520 e. The van der Waals surface area contributed by atoms with Crippen LogP contribution in [-0.2, 0) is 0 Å². The Morgan fingerprint density at radius 2 is 2.10 bits per heavy atom. The zero-order valence-corrected chi connectivity index (χ0v) is 5.93. The Kier molecular flexibility index (Phi) is 1.86. The van der Waals surface area contributed by atoms with Crippen LogP contribution in [0.3, 0.4) is 0 Å². The lowest BCUT2D eigenvalue weighted by molar-refractivity contribution is 0.197. The van der Waals surface area contributed by atoms with E-state index >= 15 is 0 Å². The van der Waals surface area contributed by atoms with E-state index in [1.54, 1.807) is 0 Å². The molecule has 4 nitrogen and oxygen atoms in total. The van der Waals surface area contributed by atoms with E-state index in [9.17, 15) is 0 Å². The molecule has 2 aliphatic heterocycles. The molecule has 0 bridgehead atoms. The Labute approximate surface area is 60.9 Å². The van der Waals surface area contributed by atoms with Crippen molar-refractivity contribution < 1.29 is 0 Å². The predicted octanol–water partition coefficient (Wildman–Crippen LogP) is -1.51. The fourth-order valence-corrected chi connectivity index (χ4v) is 1.40. The fourth-order valence-electron chi connectivity index (χ4n) is 1.40. The summed E-state index contributed by atoms with van der Waals surface area (Å²) < 4.78 is 0. The summed E-state index contributed by atoms with van der Waals surface area (Å²) >= 11 is 0. The first-order valence-electron chi connectivity index (χ1n) is 3.74. The normalized spacial score (nSPS) is 30.0. The van der Waals surface area contributed by atoms with Gasteiger partial charge in [-0.2, -0.15) is 0 Å². The largest absolute Gasteiger partial charge is 0.256 e. The quantitative estimate of drug-likeness (QED) is 0.415. The summed E-state index contributed by atoms with van der Waals surface area (Å²) in [6.45, 7) is 4.19. The maximum absolute atomic E-state index is 3.30. The first-order valence-corrected chi connectivity index (χ1v) is 3.74. The summed E-state index contributed by atoms with van der Waals surface area (Å²) in [7, 11) is 0. The van der Waals surface area contributed by atoms with Gasteiger partial charge in [0.1, 0.15) is 0 Å². The highest BCUT2D eigenvalue weighted by molar-refractivity contribution is 4.86. The van der Waals surface area contributed by atoms with E-state index in [1.165, 1.54) is 0 Å². The Hall–Kier alpha value is -0.160. The standard InChI is InChI=1S/C6H13N4/c1-2-9-10(3-1)6-4-7-8-5-6/h1,6-9H,2-5H2. The van der Waals surface area contributed by atoms with E-state index in [2.05, 4.69) is 27.7 Å². The third-order valence-corrected chi connectivity index (χ3v) is 2.01. The molecule has 10 heavy (non-hydrogen) atoms. The van der Waals surface area contributed by atoms with Crippen molar-refractivity contribution in [1.29, 1.82) is 0 Å². The van der Waals surface area contributed by atoms with Crippen LogP contribution in [-0.4, -0.2) is 37.2 Å². The molecule has 4 heteroatoms. The van der Waals surface area contributed by atoms with Gasteiger partial charge in [-0.1, -0.05) is 0 Å². The molecule has 0 aliphatic carbocycles. The van der Waals surface area contributed by atoms with E-state index in [4.69, 9.17) is 0 Å². The van der Waals surface area contributed by atoms with Crippen LogP contribution in [0.25, 0.3) is 0 Å². The van der Waals surface area contributed by atoms with Crippen molar-refractivity contribution in [3.63, 3.8) is 0 Å².